The standard InChI is InChI=1S/C4H6N2/c5-3-1-2-4(3)6/h5-6H,1-2H2. The zero-order valence-corrected chi connectivity index (χ0v) is 3.41. The van der Waals surface area contributed by atoms with Crippen molar-refractivity contribution in [3.05, 3.63) is 0 Å². The second-order valence-corrected chi connectivity index (χ2v) is 1.46. The molecular formula is C4H6N2. The molecule has 0 spiro atoms. The summed E-state index contributed by atoms with van der Waals surface area (Å²) in [6.07, 6.45) is 1.66. The molecule has 0 aromatic carbocycles. The molecule has 0 aromatic heterocycles. The summed E-state index contributed by atoms with van der Waals surface area (Å²) in [5.41, 5.74) is 1.05. The Morgan fingerprint density at radius 1 is 1.00 bits per heavy atom. The number of rotatable bonds is 0. The van der Waals surface area contributed by atoms with Crippen LogP contribution in [0.2, 0.25) is 0 Å². The fourth-order valence-corrected chi connectivity index (χ4v) is 0.375. The first kappa shape index (κ1) is 3.53. The third-order valence-corrected chi connectivity index (χ3v) is 0.989. The molecule has 0 heterocycles. The van der Waals surface area contributed by atoms with Gasteiger partial charge in [-0.05, 0) is 12.8 Å². The van der Waals surface area contributed by atoms with Crippen molar-refractivity contribution in [1.82, 2.24) is 0 Å². The van der Waals surface area contributed by atoms with Crippen molar-refractivity contribution in [3.63, 3.8) is 0 Å². The van der Waals surface area contributed by atoms with E-state index in [1.165, 1.54) is 0 Å². The van der Waals surface area contributed by atoms with Gasteiger partial charge in [0.05, 0.1) is 11.4 Å². The quantitative estimate of drug-likeness (QED) is 0.434. The van der Waals surface area contributed by atoms with Gasteiger partial charge in [0, 0.05) is 0 Å². The minimum atomic E-state index is 0.523. The number of nitrogens with one attached hydrogen (secondary N) is 2. The maximum absolute atomic E-state index is 6.81. The fourth-order valence-electron chi connectivity index (χ4n) is 0.375. The minimum Gasteiger partial charge on any atom is -0.303 e. The van der Waals surface area contributed by atoms with Gasteiger partial charge >= 0.3 is 0 Å². The Morgan fingerprint density at radius 3 is 1.33 bits per heavy atom. The van der Waals surface area contributed by atoms with E-state index in [1.807, 2.05) is 0 Å². The summed E-state index contributed by atoms with van der Waals surface area (Å²) in [5.74, 6) is 0. The van der Waals surface area contributed by atoms with Crippen molar-refractivity contribution in [2.24, 2.45) is 0 Å². The average Bonchev–Trinajstić information content (AvgIpc) is 1.61. The molecule has 0 aliphatic heterocycles. The molecule has 0 bridgehead atoms. The topological polar surface area (TPSA) is 47.7 Å². The summed E-state index contributed by atoms with van der Waals surface area (Å²) >= 11 is 0. The highest BCUT2D eigenvalue weighted by molar-refractivity contribution is 6.45. The van der Waals surface area contributed by atoms with E-state index in [4.69, 9.17) is 10.8 Å². The lowest BCUT2D eigenvalue weighted by Crippen LogP contribution is -2.22. The van der Waals surface area contributed by atoms with Crippen LogP contribution in [0.25, 0.3) is 0 Å². The summed E-state index contributed by atoms with van der Waals surface area (Å²) in [6.45, 7) is 0. The smallest absolute Gasteiger partial charge is 0.0525 e. The lowest BCUT2D eigenvalue weighted by molar-refractivity contribution is 1.06. The van der Waals surface area contributed by atoms with Crippen molar-refractivity contribution in [1.29, 1.82) is 10.8 Å². The van der Waals surface area contributed by atoms with Gasteiger partial charge in [-0.2, -0.15) is 0 Å². The minimum absolute atomic E-state index is 0.523. The van der Waals surface area contributed by atoms with Crippen LogP contribution in [0, 0.1) is 10.8 Å². The number of hydrogen-bond acceptors (Lipinski definition) is 2. The Balaban J connectivity index is 2.61. The van der Waals surface area contributed by atoms with E-state index in [-0.39, 0.29) is 0 Å². The molecule has 32 valence electrons. The molecule has 1 fully saturated rings. The maximum Gasteiger partial charge on any atom is 0.0525 e. The third kappa shape index (κ3) is 0.263. The molecule has 0 saturated heterocycles. The van der Waals surface area contributed by atoms with E-state index >= 15 is 0 Å². The molecule has 0 radical (unpaired) electrons. The lowest BCUT2D eigenvalue weighted by Gasteiger charge is -2.12. The first-order valence-electron chi connectivity index (χ1n) is 1.96. The summed E-state index contributed by atoms with van der Waals surface area (Å²) in [4.78, 5) is 0. The molecule has 0 aromatic rings. The van der Waals surface area contributed by atoms with Crippen LogP contribution in [0.5, 0.6) is 0 Å². The van der Waals surface area contributed by atoms with Crippen molar-refractivity contribution in [3.8, 4) is 0 Å². The molecule has 2 nitrogen and oxygen atoms in total. The highest BCUT2D eigenvalue weighted by Gasteiger charge is 2.14. The van der Waals surface area contributed by atoms with Crippen molar-refractivity contribution >= 4 is 11.4 Å². The summed E-state index contributed by atoms with van der Waals surface area (Å²) in [6, 6.07) is 0. The second kappa shape index (κ2) is 0.899. The molecular weight excluding hydrogens is 76.1 g/mol. The second-order valence-electron chi connectivity index (χ2n) is 1.46. The SMILES string of the molecule is N=C1CCC1=N. The van der Waals surface area contributed by atoms with Gasteiger partial charge in [-0.1, -0.05) is 0 Å². The van der Waals surface area contributed by atoms with Crippen LogP contribution < -0.4 is 0 Å². The van der Waals surface area contributed by atoms with E-state index in [0.29, 0.717) is 11.4 Å². The van der Waals surface area contributed by atoms with E-state index in [9.17, 15) is 0 Å². The van der Waals surface area contributed by atoms with Gasteiger partial charge in [0.2, 0.25) is 0 Å². The Kier molecular flexibility index (Phi) is 0.528. The van der Waals surface area contributed by atoms with E-state index in [1.54, 1.807) is 0 Å². The maximum atomic E-state index is 6.81. The van der Waals surface area contributed by atoms with Crippen LogP contribution in [0.1, 0.15) is 12.8 Å². The normalized spacial score (nSPS) is 20.7. The molecule has 2 N–H and O–H groups in total. The van der Waals surface area contributed by atoms with Crippen molar-refractivity contribution in [2.45, 2.75) is 12.8 Å². The predicted molar refractivity (Wildman–Crippen MR) is 24.7 cm³/mol. The summed E-state index contributed by atoms with van der Waals surface area (Å²) in [7, 11) is 0. The zero-order chi connectivity index (χ0) is 4.57. The van der Waals surface area contributed by atoms with Crippen LogP contribution >= 0.6 is 0 Å². The van der Waals surface area contributed by atoms with Crippen LogP contribution in [-0.2, 0) is 0 Å². The predicted octanol–water partition coefficient (Wildman–Crippen LogP) is 0.820. The molecule has 0 amide bonds. The molecule has 0 atom stereocenters. The molecule has 6 heavy (non-hydrogen) atoms. The van der Waals surface area contributed by atoms with Gasteiger partial charge in [-0.3, -0.25) is 0 Å². The summed E-state index contributed by atoms with van der Waals surface area (Å²) < 4.78 is 0. The molecule has 2 heteroatoms. The van der Waals surface area contributed by atoms with Gasteiger partial charge in [0.15, 0.2) is 0 Å². The van der Waals surface area contributed by atoms with Crippen LogP contribution in [0.3, 0.4) is 0 Å². The molecule has 1 saturated carbocycles. The number of hydrogen-bond donors (Lipinski definition) is 2. The highest BCUT2D eigenvalue weighted by Crippen LogP contribution is 2.06. The van der Waals surface area contributed by atoms with Gasteiger partial charge in [0.1, 0.15) is 0 Å². The Morgan fingerprint density at radius 2 is 1.33 bits per heavy atom. The Bertz CT molecular complexity index is 90.1. The van der Waals surface area contributed by atoms with Crippen molar-refractivity contribution in [2.75, 3.05) is 0 Å². The first-order chi connectivity index (χ1) is 2.80. The third-order valence-electron chi connectivity index (χ3n) is 0.989. The van der Waals surface area contributed by atoms with Gasteiger partial charge in [0.25, 0.3) is 0 Å². The fraction of sp³-hybridized carbons (Fsp3) is 0.500. The molecule has 0 unspecified atom stereocenters. The van der Waals surface area contributed by atoms with Gasteiger partial charge < -0.3 is 10.8 Å². The molecule has 1 aliphatic rings. The van der Waals surface area contributed by atoms with Crippen LogP contribution in [0.15, 0.2) is 0 Å². The zero-order valence-electron chi connectivity index (χ0n) is 3.41. The van der Waals surface area contributed by atoms with Crippen LogP contribution in [-0.4, -0.2) is 11.4 Å². The van der Waals surface area contributed by atoms with Gasteiger partial charge in [-0.15, -0.1) is 0 Å². The molecule has 1 aliphatic carbocycles. The monoisotopic (exact) mass is 82.1 g/mol. The summed E-state index contributed by atoms with van der Waals surface area (Å²) in [5, 5.41) is 13.6. The van der Waals surface area contributed by atoms with Gasteiger partial charge in [-0.25, -0.2) is 0 Å². The van der Waals surface area contributed by atoms with Crippen LogP contribution in [0.4, 0.5) is 0 Å². The van der Waals surface area contributed by atoms with E-state index in [2.05, 4.69) is 0 Å². The first-order valence-corrected chi connectivity index (χ1v) is 1.96. The Hall–Kier alpha value is -0.660. The van der Waals surface area contributed by atoms with Crippen molar-refractivity contribution < 1.29 is 0 Å². The Labute approximate surface area is 36.2 Å². The largest absolute Gasteiger partial charge is 0.303 e. The average molecular weight is 82.1 g/mol. The molecule has 1 rings (SSSR count). The van der Waals surface area contributed by atoms with E-state index in [0.717, 1.165) is 12.8 Å². The lowest BCUT2D eigenvalue weighted by atomic mass is 9.95. The highest BCUT2D eigenvalue weighted by atomic mass is 14.6. The van der Waals surface area contributed by atoms with E-state index < -0.39 is 0 Å².